The summed E-state index contributed by atoms with van der Waals surface area (Å²) < 4.78 is 0. The summed E-state index contributed by atoms with van der Waals surface area (Å²) in [6.07, 6.45) is 7.88. The summed E-state index contributed by atoms with van der Waals surface area (Å²) in [4.78, 5) is 0. The Morgan fingerprint density at radius 2 is 2.38 bits per heavy atom. The van der Waals surface area contributed by atoms with Crippen LogP contribution < -0.4 is 0 Å². The van der Waals surface area contributed by atoms with Crippen molar-refractivity contribution < 1.29 is 0 Å². The van der Waals surface area contributed by atoms with Gasteiger partial charge in [-0.25, -0.2) is 0 Å². The molecular weight excluding hydrogens is 120 g/mol. The van der Waals surface area contributed by atoms with Gasteiger partial charge in [-0.2, -0.15) is 0 Å². The van der Waals surface area contributed by atoms with E-state index in [0.29, 0.717) is 6.42 Å². The summed E-state index contributed by atoms with van der Waals surface area (Å²) >= 11 is 5.74. The lowest BCUT2D eigenvalue weighted by atomic mass is 10.2. The van der Waals surface area contributed by atoms with Crippen molar-refractivity contribution in [2.75, 3.05) is 0 Å². The molecule has 0 aromatic rings. The maximum absolute atomic E-state index is 5.74. The molecule has 0 fully saturated rings. The summed E-state index contributed by atoms with van der Waals surface area (Å²) in [6, 6.07) is 0. The highest BCUT2D eigenvalue weighted by Crippen LogP contribution is 2.07. The molecule has 0 radical (unpaired) electrons. The fourth-order valence-electron chi connectivity index (χ4n) is 0.543. The minimum Gasteiger partial charge on any atom is -0.122 e. The highest BCUT2D eigenvalue weighted by atomic mass is 35.5. The Balaban J connectivity index is 3.08. The Morgan fingerprint density at radius 1 is 1.75 bits per heavy atom. The van der Waals surface area contributed by atoms with Gasteiger partial charge in [0, 0.05) is 11.8 Å². The van der Waals surface area contributed by atoms with Crippen LogP contribution in [0.3, 0.4) is 0 Å². The normalized spacial score (nSPS) is 12.6. The molecule has 0 aliphatic heterocycles. The van der Waals surface area contributed by atoms with E-state index in [1.54, 1.807) is 0 Å². The molecule has 1 unspecified atom stereocenters. The Bertz CT molecular complexity index is 80.9. The number of halogens is 1. The van der Waals surface area contributed by atoms with E-state index < -0.39 is 0 Å². The fraction of sp³-hybridized carbons (Fsp3) is 0.714. The van der Waals surface area contributed by atoms with Gasteiger partial charge >= 0.3 is 0 Å². The van der Waals surface area contributed by atoms with E-state index >= 15 is 0 Å². The number of hydrogen-bond donors (Lipinski definition) is 0. The molecule has 0 aliphatic carbocycles. The zero-order chi connectivity index (χ0) is 6.41. The van der Waals surface area contributed by atoms with Gasteiger partial charge in [0.1, 0.15) is 0 Å². The Kier molecular flexibility index (Phi) is 4.90. The Labute approximate surface area is 56.2 Å². The van der Waals surface area contributed by atoms with Crippen molar-refractivity contribution in [2.45, 2.75) is 31.6 Å². The van der Waals surface area contributed by atoms with Crippen molar-refractivity contribution in [3.63, 3.8) is 0 Å². The lowest BCUT2D eigenvalue weighted by Gasteiger charge is -1.99. The van der Waals surface area contributed by atoms with Gasteiger partial charge in [0.15, 0.2) is 0 Å². The van der Waals surface area contributed by atoms with Crippen molar-refractivity contribution in [1.82, 2.24) is 0 Å². The molecular formula is C7H11Cl. The Morgan fingerprint density at radius 3 is 2.75 bits per heavy atom. The second-order valence-corrected chi connectivity index (χ2v) is 2.41. The SMILES string of the molecule is C#CCC(Cl)CCC. The van der Waals surface area contributed by atoms with Gasteiger partial charge in [-0.05, 0) is 6.42 Å². The quantitative estimate of drug-likeness (QED) is 0.407. The molecule has 1 atom stereocenters. The molecule has 8 heavy (non-hydrogen) atoms. The molecule has 0 aromatic carbocycles. The average Bonchev–Trinajstić information content (AvgIpc) is 1.68. The van der Waals surface area contributed by atoms with Gasteiger partial charge in [0.25, 0.3) is 0 Å². The van der Waals surface area contributed by atoms with Crippen LogP contribution in [0.1, 0.15) is 26.2 Å². The molecule has 0 saturated carbocycles. The van der Waals surface area contributed by atoms with Crippen LogP contribution in [-0.2, 0) is 0 Å². The monoisotopic (exact) mass is 130 g/mol. The fourth-order valence-corrected chi connectivity index (χ4v) is 0.850. The van der Waals surface area contributed by atoms with E-state index in [-0.39, 0.29) is 5.38 Å². The second-order valence-electron chi connectivity index (χ2n) is 1.79. The van der Waals surface area contributed by atoms with Gasteiger partial charge in [-0.15, -0.1) is 23.9 Å². The summed E-state index contributed by atoms with van der Waals surface area (Å²) in [6.45, 7) is 2.10. The number of hydrogen-bond acceptors (Lipinski definition) is 0. The standard InChI is InChI=1S/C7H11Cl/c1-3-5-7(8)6-4-2/h1,7H,4-6H2,2H3. The zero-order valence-corrected chi connectivity index (χ0v) is 5.91. The van der Waals surface area contributed by atoms with Crippen molar-refractivity contribution >= 4 is 11.6 Å². The van der Waals surface area contributed by atoms with E-state index in [1.165, 1.54) is 0 Å². The van der Waals surface area contributed by atoms with Crippen LogP contribution in [0, 0.1) is 12.3 Å². The minimum atomic E-state index is 0.199. The smallest absolute Gasteiger partial charge is 0.0445 e. The summed E-state index contributed by atoms with van der Waals surface area (Å²) in [5, 5.41) is 0.199. The molecule has 1 heteroatoms. The van der Waals surface area contributed by atoms with Gasteiger partial charge in [-0.3, -0.25) is 0 Å². The van der Waals surface area contributed by atoms with E-state index in [9.17, 15) is 0 Å². The maximum Gasteiger partial charge on any atom is 0.0445 e. The molecule has 0 aromatic heterocycles. The maximum atomic E-state index is 5.74. The third-order valence-electron chi connectivity index (χ3n) is 0.941. The third kappa shape index (κ3) is 4.02. The molecule has 0 N–H and O–H groups in total. The van der Waals surface area contributed by atoms with Crippen LogP contribution in [0.5, 0.6) is 0 Å². The molecule has 0 saturated heterocycles. The topological polar surface area (TPSA) is 0 Å². The molecule has 0 nitrogen and oxygen atoms in total. The van der Waals surface area contributed by atoms with E-state index in [1.807, 2.05) is 0 Å². The lowest BCUT2D eigenvalue weighted by Crippen LogP contribution is -1.93. The number of alkyl halides is 1. The van der Waals surface area contributed by atoms with Gasteiger partial charge in [0.2, 0.25) is 0 Å². The summed E-state index contributed by atoms with van der Waals surface area (Å²) in [5.74, 6) is 2.52. The van der Waals surface area contributed by atoms with Crippen LogP contribution in [0.25, 0.3) is 0 Å². The van der Waals surface area contributed by atoms with Crippen LogP contribution >= 0.6 is 11.6 Å². The van der Waals surface area contributed by atoms with Gasteiger partial charge in [0.05, 0.1) is 0 Å². The first-order chi connectivity index (χ1) is 3.81. The van der Waals surface area contributed by atoms with Crippen LogP contribution in [0.4, 0.5) is 0 Å². The lowest BCUT2D eigenvalue weighted by molar-refractivity contribution is 0.746. The van der Waals surface area contributed by atoms with Gasteiger partial charge < -0.3 is 0 Å². The number of terminal acetylenes is 1. The van der Waals surface area contributed by atoms with Crippen molar-refractivity contribution in [1.29, 1.82) is 0 Å². The van der Waals surface area contributed by atoms with Crippen LogP contribution in [0.2, 0.25) is 0 Å². The van der Waals surface area contributed by atoms with Crippen LogP contribution in [0.15, 0.2) is 0 Å². The molecule has 0 bridgehead atoms. The number of rotatable bonds is 3. The van der Waals surface area contributed by atoms with Gasteiger partial charge in [-0.1, -0.05) is 13.3 Å². The summed E-state index contributed by atoms with van der Waals surface area (Å²) in [5.41, 5.74) is 0. The first-order valence-corrected chi connectivity index (χ1v) is 3.32. The molecule has 0 aliphatic rings. The first-order valence-electron chi connectivity index (χ1n) is 2.88. The van der Waals surface area contributed by atoms with Crippen molar-refractivity contribution in [3.05, 3.63) is 0 Å². The molecule has 0 spiro atoms. The van der Waals surface area contributed by atoms with Crippen LogP contribution in [-0.4, -0.2) is 5.38 Å². The second kappa shape index (κ2) is 5.00. The molecule has 0 amide bonds. The average molecular weight is 131 g/mol. The highest BCUT2D eigenvalue weighted by molar-refractivity contribution is 6.20. The van der Waals surface area contributed by atoms with E-state index in [0.717, 1.165) is 12.8 Å². The Hall–Kier alpha value is -0.150. The van der Waals surface area contributed by atoms with Crippen molar-refractivity contribution in [2.24, 2.45) is 0 Å². The largest absolute Gasteiger partial charge is 0.122 e. The predicted molar refractivity (Wildman–Crippen MR) is 38.0 cm³/mol. The first kappa shape index (κ1) is 7.85. The highest BCUT2D eigenvalue weighted by Gasteiger charge is 1.97. The van der Waals surface area contributed by atoms with E-state index in [2.05, 4.69) is 12.8 Å². The minimum absolute atomic E-state index is 0.199. The molecule has 0 heterocycles. The molecule has 0 rings (SSSR count). The van der Waals surface area contributed by atoms with Crippen molar-refractivity contribution in [3.8, 4) is 12.3 Å². The predicted octanol–water partition coefficient (Wildman–Crippen LogP) is 2.42. The third-order valence-corrected chi connectivity index (χ3v) is 1.31. The summed E-state index contributed by atoms with van der Waals surface area (Å²) in [7, 11) is 0. The zero-order valence-electron chi connectivity index (χ0n) is 5.15. The molecule has 46 valence electrons. The van der Waals surface area contributed by atoms with E-state index in [4.69, 9.17) is 18.0 Å².